The van der Waals surface area contributed by atoms with E-state index in [0.717, 1.165) is 22.3 Å². The summed E-state index contributed by atoms with van der Waals surface area (Å²) in [7, 11) is 1.66. The largest absolute Gasteiger partial charge is 0.497 e. The molecule has 1 aromatic carbocycles. The third-order valence-electron chi connectivity index (χ3n) is 2.26. The Morgan fingerprint density at radius 3 is 2.80 bits per heavy atom. The van der Waals surface area contributed by atoms with Gasteiger partial charge in [-0.15, -0.1) is 0 Å². The summed E-state index contributed by atoms with van der Waals surface area (Å²) in [6.07, 6.45) is 0. The summed E-state index contributed by atoms with van der Waals surface area (Å²) in [5.41, 5.74) is 6.86. The van der Waals surface area contributed by atoms with Crippen LogP contribution < -0.4 is 15.8 Å². The molecule has 0 saturated carbocycles. The van der Waals surface area contributed by atoms with Crippen LogP contribution in [0.25, 0.3) is 0 Å². The van der Waals surface area contributed by atoms with E-state index in [4.69, 9.17) is 10.5 Å². The molecule has 0 bridgehead atoms. The number of likely N-dealkylation sites (N-methyl/N-ethyl adjacent to an activating group) is 1. The van der Waals surface area contributed by atoms with Gasteiger partial charge in [0.1, 0.15) is 5.75 Å². The second-order valence-electron chi connectivity index (χ2n) is 3.23. The maximum atomic E-state index is 5.73. The van der Waals surface area contributed by atoms with Crippen molar-refractivity contribution < 1.29 is 4.74 Å². The minimum atomic E-state index is 0.166. The maximum absolute atomic E-state index is 5.73. The number of ether oxygens (including phenoxy) is 1. The molecule has 1 unspecified atom stereocenters. The van der Waals surface area contributed by atoms with E-state index in [1.807, 2.05) is 18.2 Å². The van der Waals surface area contributed by atoms with E-state index in [1.54, 1.807) is 7.11 Å². The van der Waals surface area contributed by atoms with E-state index in [9.17, 15) is 0 Å². The normalized spacial score (nSPS) is 12.5. The molecule has 0 spiro atoms. The topological polar surface area (TPSA) is 47.3 Å². The number of benzene rings is 1. The Balaban J connectivity index is 2.98. The molecule has 0 heterocycles. The Labute approximate surface area is 99.1 Å². The Kier molecular flexibility index (Phi) is 5.08. The molecule has 0 aliphatic heterocycles. The fourth-order valence-corrected chi connectivity index (χ4v) is 2.01. The predicted octanol–water partition coefficient (Wildman–Crippen LogP) is 2.07. The van der Waals surface area contributed by atoms with Gasteiger partial charge in [-0.2, -0.15) is 0 Å². The van der Waals surface area contributed by atoms with Gasteiger partial charge in [0.05, 0.1) is 7.11 Å². The van der Waals surface area contributed by atoms with E-state index in [-0.39, 0.29) is 6.04 Å². The number of hydrogen-bond donors (Lipinski definition) is 2. The fourth-order valence-electron chi connectivity index (χ4n) is 1.48. The summed E-state index contributed by atoms with van der Waals surface area (Å²) in [4.78, 5) is 0. The van der Waals surface area contributed by atoms with E-state index >= 15 is 0 Å². The van der Waals surface area contributed by atoms with Crippen LogP contribution in [0.15, 0.2) is 22.7 Å². The zero-order chi connectivity index (χ0) is 11.3. The molecule has 3 nitrogen and oxygen atoms in total. The predicted molar refractivity (Wildman–Crippen MR) is 66.2 cm³/mol. The minimum absolute atomic E-state index is 0.166. The molecule has 0 aromatic heterocycles. The molecule has 1 atom stereocenters. The molecule has 0 aliphatic carbocycles. The van der Waals surface area contributed by atoms with Crippen molar-refractivity contribution in [1.29, 1.82) is 0 Å². The lowest BCUT2D eigenvalue weighted by Gasteiger charge is -2.18. The van der Waals surface area contributed by atoms with Gasteiger partial charge >= 0.3 is 0 Å². The van der Waals surface area contributed by atoms with Crippen LogP contribution in [0.1, 0.15) is 18.5 Å². The van der Waals surface area contributed by atoms with Gasteiger partial charge in [0.2, 0.25) is 0 Å². The van der Waals surface area contributed by atoms with Gasteiger partial charge in [-0.05, 0) is 30.3 Å². The summed E-state index contributed by atoms with van der Waals surface area (Å²) < 4.78 is 6.25. The lowest BCUT2D eigenvalue weighted by atomic mass is 10.1. The third kappa shape index (κ3) is 3.19. The van der Waals surface area contributed by atoms with E-state index in [0.29, 0.717) is 6.54 Å². The quantitative estimate of drug-likeness (QED) is 0.863. The minimum Gasteiger partial charge on any atom is -0.497 e. The maximum Gasteiger partial charge on any atom is 0.119 e. The van der Waals surface area contributed by atoms with Gasteiger partial charge in [-0.3, -0.25) is 0 Å². The van der Waals surface area contributed by atoms with Gasteiger partial charge in [-0.1, -0.05) is 22.9 Å². The summed E-state index contributed by atoms with van der Waals surface area (Å²) >= 11 is 3.52. The highest BCUT2D eigenvalue weighted by molar-refractivity contribution is 9.10. The van der Waals surface area contributed by atoms with Crippen LogP contribution >= 0.6 is 15.9 Å². The van der Waals surface area contributed by atoms with Crippen molar-refractivity contribution in [2.45, 2.75) is 13.0 Å². The highest BCUT2D eigenvalue weighted by Gasteiger charge is 2.12. The second-order valence-corrected chi connectivity index (χ2v) is 4.09. The van der Waals surface area contributed by atoms with Crippen LogP contribution in [-0.4, -0.2) is 20.2 Å². The third-order valence-corrected chi connectivity index (χ3v) is 2.99. The Bertz CT molecular complexity index is 317. The number of nitrogens with two attached hydrogens (primary N) is 1. The first kappa shape index (κ1) is 12.5. The molecule has 3 N–H and O–H groups in total. The fraction of sp³-hybridized carbons (Fsp3) is 0.455. The zero-order valence-corrected chi connectivity index (χ0v) is 10.7. The van der Waals surface area contributed by atoms with Crippen molar-refractivity contribution in [1.82, 2.24) is 5.32 Å². The molecule has 4 heteroatoms. The van der Waals surface area contributed by atoms with Gasteiger partial charge in [-0.25, -0.2) is 0 Å². The SMILES string of the molecule is CCNC(CN)c1cc(OC)ccc1Br. The van der Waals surface area contributed by atoms with Crippen LogP contribution in [0.2, 0.25) is 0 Å². The van der Waals surface area contributed by atoms with Crippen LogP contribution in [0.5, 0.6) is 5.75 Å². The molecule has 15 heavy (non-hydrogen) atoms. The molecule has 84 valence electrons. The van der Waals surface area contributed by atoms with E-state index < -0.39 is 0 Å². The smallest absolute Gasteiger partial charge is 0.119 e. The van der Waals surface area contributed by atoms with Crippen molar-refractivity contribution in [3.05, 3.63) is 28.2 Å². The first-order valence-electron chi connectivity index (χ1n) is 4.99. The zero-order valence-electron chi connectivity index (χ0n) is 9.09. The number of hydrogen-bond acceptors (Lipinski definition) is 3. The molecule has 0 saturated heterocycles. The van der Waals surface area contributed by atoms with Gasteiger partial charge < -0.3 is 15.8 Å². The summed E-state index contributed by atoms with van der Waals surface area (Å²) in [5.74, 6) is 0.851. The Morgan fingerprint density at radius 2 is 2.27 bits per heavy atom. The van der Waals surface area contributed by atoms with E-state index in [2.05, 4.69) is 28.2 Å². The van der Waals surface area contributed by atoms with Crippen LogP contribution in [0.4, 0.5) is 0 Å². The lowest BCUT2D eigenvalue weighted by Crippen LogP contribution is -2.28. The highest BCUT2D eigenvalue weighted by Crippen LogP contribution is 2.27. The summed E-state index contributed by atoms with van der Waals surface area (Å²) in [6, 6.07) is 6.07. The standard InChI is InChI=1S/C11H17BrN2O/c1-3-14-11(7-13)9-6-8(15-2)4-5-10(9)12/h4-6,11,14H,3,7,13H2,1-2H3. The van der Waals surface area contributed by atoms with Crippen molar-refractivity contribution in [2.75, 3.05) is 20.2 Å². The van der Waals surface area contributed by atoms with E-state index in [1.165, 1.54) is 0 Å². The molecule has 0 aliphatic rings. The van der Waals surface area contributed by atoms with Crippen molar-refractivity contribution >= 4 is 15.9 Å². The number of nitrogens with one attached hydrogen (secondary N) is 1. The molecule has 0 amide bonds. The van der Waals surface area contributed by atoms with Crippen LogP contribution in [0.3, 0.4) is 0 Å². The number of methoxy groups -OCH3 is 1. The van der Waals surface area contributed by atoms with Gasteiger partial charge in [0.15, 0.2) is 0 Å². The monoisotopic (exact) mass is 272 g/mol. The van der Waals surface area contributed by atoms with Gasteiger partial charge in [0.25, 0.3) is 0 Å². The molecule has 1 rings (SSSR count). The van der Waals surface area contributed by atoms with Crippen LogP contribution in [-0.2, 0) is 0 Å². The molecule has 1 aromatic rings. The average Bonchev–Trinajstić information content (AvgIpc) is 2.27. The summed E-state index contributed by atoms with van der Waals surface area (Å²) in [6.45, 7) is 3.53. The van der Waals surface area contributed by atoms with Crippen molar-refractivity contribution in [3.8, 4) is 5.75 Å². The number of halogens is 1. The van der Waals surface area contributed by atoms with Crippen molar-refractivity contribution in [3.63, 3.8) is 0 Å². The first-order valence-corrected chi connectivity index (χ1v) is 5.79. The van der Waals surface area contributed by atoms with Crippen LogP contribution in [0, 0.1) is 0 Å². The molecule has 0 fully saturated rings. The lowest BCUT2D eigenvalue weighted by molar-refractivity contribution is 0.413. The number of rotatable bonds is 5. The van der Waals surface area contributed by atoms with Crippen molar-refractivity contribution in [2.24, 2.45) is 5.73 Å². The molecule has 0 radical (unpaired) electrons. The first-order chi connectivity index (χ1) is 7.22. The average molecular weight is 273 g/mol. The summed E-state index contributed by atoms with van der Waals surface area (Å²) in [5, 5.41) is 3.33. The Morgan fingerprint density at radius 1 is 1.53 bits per heavy atom. The Hall–Kier alpha value is -0.580. The second kappa shape index (κ2) is 6.10. The highest BCUT2D eigenvalue weighted by atomic mass is 79.9. The molecular formula is C11H17BrN2O. The molecular weight excluding hydrogens is 256 g/mol. The van der Waals surface area contributed by atoms with Gasteiger partial charge in [0, 0.05) is 17.1 Å².